The molecular weight excluding hydrogens is 124 g/mol. The molecule has 0 atom stereocenters. The normalized spacial score (nSPS) is 23.0. The topological polar surface area (TPSA) is 17.1 Å². The molecule has 1 aliphatic rings. The Morgan fingerprint density at radius 3 is 2.30 bits per heavy atom. The molecule has 0 saturated heterocycles. The van der Waals surface area contributed by atoms with Gasteiger partial charge in [0.05, 0.1) is 0 Å². The van der Waals surface area contributed by atoms with Crippen LogP contribution in [0.2, 0.25) is 0 Å². The molecule has 0 unspecified atom stereocenters. The Labute approximate surface area is 62.8 Å². The van der Waals surface area contributed by atoms with Crippen LogP contribution in [0, 0.1) is 5.41 Å². The van der Waals surface area contributed by atoms with E-state index in [1.165, 1.54) is 12.8 Å². The van der Waals surface area contributed by atoms with Gasteiger partial charge in [0.25, 0.3) is 0 Å². The standard InChI is InChI=1S/C9H16O/c1-3-8(10)9(2)6-4-5-7-9/h3-7H2,1-2H3. The van der Waals surface area contributed by atoms with E-state index in [0.29, 0.717) is 5.78 Å². The monoisotopic (exact) mass is 140 g/mol. The number of rotatable bonds is 2. The molecule has 58 valence electrons. The molecule has 0 N–H and O–H groups in total. The van der Waals surface area contributed by atoms with Gasteiger partial charge in [0.2, 0.25) is 0 Å². The Hall–Kier alpha value is -0.330. The first-order chi connectivity index (χ1) is 4.69. The third-order valence-electron chi connectivity index (χ3n) is 2.70. The van der Waals surface area contributed by atoms with Gasteiger partial charge in [0, 0.05) is 11.8 Å². The number of hydrogen-bond donors (Lipinski definition) is 0. The van der Waals surface area contributed by atoms with Crippen molar-refractivity contribution in [2.24, 2.45) is 5.41 Å². The highest BCUT2D eigenvalue weighted by molar-refractivity contribution is 5.84. The minimum atomic E-state index is 0.0642. The van der Waals surface area contributed by atoms with Gasteiger partial charge in [0.15, 0.2) is 0 Å². The first kappa shape index (κ1) is 7.77. The minimum absolute atomic E-state index is 0.0642. The molecule has 0 amide bonds. The van der Waals surface area contributed by atoms with Crippen LogP contribution < -0.4 is 0 Å². The van der Waals surface area contributed by atoms with Gasteiger partial charge in [-0.3, -0.25) is 4.79 Å². The lowest BCUT2D eigenvalue weighted by atomic mass is 9.83. The molecule has 0 spiro atoms. The fraction of sp³-hybridized carbons (Fsp3) is 0.889. The Bertz CT molecular complexity index is 132. The van der Waals surface area contributed by atoms with Crippen molar-refractivity contribution < 1.29 is 4.79 Å². The van der Waals surface area contributed by atoms with E-state index in [-0.39, 0.29) is 5.41 Å². The second kappa shape index (κ2) is 2.73. The molecular formula is C9H16O. The molecule has 0 aromatic rings. The first-order valence-corrected chi connectivity index (χ1v) is 4.22. The van der Waals surface area contributed by atoms with Crippen molar-refractivity contribution in [3.8, 4) is 0 Å². The maximum Gasteiger partial charge on any atom is 0.138 e. The van der Waals surface area contributed by atoms with E-state index >= 15 is 0 Å². The molecule has 0 aliphatic heterocycles. The molecule has 1 heteroatoms. The van der Waals surface area contributed by atoms with Gasteiger partial charge in [0.1, 0.15) is 5.78 Å². The van der Waals surface area contributed by atoms with Crippen LogP contribution in [0.15, 0.2) is 0 Å². The van der Waals surface area contributed by atoms with E-state index in [9.17, 15) is 4.79 Å². The Morgan fingerprint density at radius 2 is 1.90 bits per heavy atom. The van der Waals surface area contributed by atoms with Crippen LogP contribution in [0.25, 0.3) is 0 Å². The second-order valence-electron chi connectivity index (χ2n) is 3.54. The quantitative estimate of drug-likeness (QED) is 0.576. The molecule has 10 heavy (non-hydrogen) atoms. The van der Waals surface area contributed by atoms with Crippen LogP contribution in [0.4, 0.5) is 0 Å². The summed E-state index contributed by atoms with van der Waals surface area (Å²) in [6, 6.07) is 0. The number of hydrogen-bond acceptors (Lipinski definition) is 1. The van der Waals surface area contributed by atoms with Crippen molar-refractivity contribution in [1.82, 2.24) is 0 Å². The van der Waals surface area contributed by atoms with Gasteiger partial charge < -0.3 is 0 Å². The largest absolute Gasteiger partial charge is 0.299 e. The van der Waals surface area contributed by atoms with Crippen molar-refractivity contribution >= 4 is 5.78 Å². The van der Waals surface area contributed by atoms with E-state index in [1.807, 2.05) is 6.92 Å². The lowest BCUT2D eigenvalue weighted by Gasteiger charge is -2.20. The summed E-state index contributed by atoms with van der Waals surface area (Å²) in [7, 11) is 0. The molecule has 1 rings (SSSR count). The summed E-state index contributed by atoms with van der Waals surface area (Å²) < 4.78 is 0. The molecule has 1 nitrogen and oxygen atoms in total. The predicted octanol–water partition coefficient (Wildman–Crippen LogP) is 2.55. The van der Waals surface area contributed by atoms with Crippen molar-refractivity contribution in [3.05, 3.63) is 0 Å². The van der Waals surface area contributed by atoms with Gasteiger partial charge in [-0.2, -0.15) is 0 Å². The molecule has 0 aromatic heterocycles. The lowest BCUT2D eigenvalue weighted by Crippen LogP contribution is -2.22. The maximum absolute atomic E-state index is 11.3. The lowest BCUT2D eigenvalue weighted by molar-refractivity contribution is -0.127. The third kappa shape index (κ3) is 1.23. The van der Waals surface area contributed by atoms with E-state index < -0.39 is 0 Å². The molecule has 1 aliphatic carbocycles. The summed E-state index contributed by atoms with van der Waals surface area (Å²) in [5, 5.41) is 0. The molecule has 0 radical (unpaired) electrons. The van der Waals surface area contributed by atoms with Gasteiger partial charge >= 0.3 is 0 Å². The summed E-state index contributed by atoms with van der Waals surface area (Å²) >= 11 is 0. The van der Waals surface area contributed by atoms with Crippen molar-refractivity contribution in [2.45, 2.75) is 46.0 Å². The van der Waals surface area contributed by atoms with E-state index in [4.69, 9.17) is 0 Å². The van der Waals surface area contributed by atoms with E-state index in [2.05, 4.69) is 6.92 Å². The average Bonchev–Trinajstić information content (AvgIpc) is 2.36. The first-order valence-electron chi connectivity index (χ1n) is 4.22. The van der Waals surface area contributed by atoms with Crippen molar-refractivity contribution in [1.29, 1.82) is 0 Å². The van der Waals surface area contributed by atoms with E-state index in [1.54, 1.807) is 0 Å². The highest BCUT2D eigenvalue weighted by Gasteiger charge is 2.34. The van der Waals surface area contributed by atoms with Crippen LogP contribution in [0.1, 0.15) is 46.0 Å². The highest BCUT2D eigenvalue weighted by atomic mass is 16.1. The van der Waals surface area contributed by atoms with Gasteiger partial charge in [-0.1, -0.05) is 26.7 Å². The van der Waals surface area contributed by atoms with Crippen LogP contribution >= 0.6 is 0 Å². The molecule has 0 bridgehead atoms. The molecule has 0 heterocycles. The Balaban J connectivity index is 2.58. The summed E-state index contributed by atoms with van der Waals surface area (Å²) in [6.45, 7) is 4.08. The van der Waals surface area contributed by atoms with Gasteiger partial charge in [-0.05, 0) is 12.8 Å². The van der Waals surface area contributed by atoms with Crippen molar-refractivity contribution in [2.75, 3.05) is 0 Å². The second-order valence-corrected chi connectivity index (χ2v) is 3.54. The van der Waals surface area contributed by atoms with Crippen LogP contribution in [-0.4, -0.2) is 5.78 Å². The highest BCUT2D eigenvalue weighted by Crippen LogP contribution is 2.38. The zero-order valence-corrected chi connectivity index (χ0v) is 6.94. The third-order valence-corrected chi connectivity index (χ3v) is 2.70. The fourth-order valence-electron chi connectivity index (χ4n) is 1.86. The zero-order valence-electron chi connectivity index (χ0n) is 6.94. The summed E-state index contributed by atoms with van der Waals surface area (Å²) in [5.41, 5.74) is 0.0642. The maximum atomic E-state index is 11.3. The molecule has 1 saturated carbocycles. The number of carbonyl (C=O) groups is 1. The van der Waals surface area contributed by atoms with Crippen LogP contribution in [-0.2, 0) is 4.79 Å². The summed E-state index contributed by atoms with van der Waals surface area (Å²) in [4.78, 5) is 11.3. The molecule has 0 aromatic carbocycles. The number of ketones is 1. The zero-order chi connectivity index (χ0) is 7.61. The Kier molecular flexibility index (Phi) is 2.12. The number of carbonyl (C=O) groups excluding carboxylic acids is 1. The average molecular weight is 140 g/mol. The summed E-state index contributed by atoms with van der Waals surface area (Å²) in [5.74, 6) is 0.463. The minimum Gasteiger partial charge on any atom is -0.299 e. The van der Waals surface area contributed by atoms with Crippen LogP contribution in [0.5, 0.6) is 0 Å². The fourth-order valence-corrected chi connectivity index (χ4v) is 1.86. The van der Waals surface area contributed by atoms with Gasteiger partial charge in [-0.15, -0.1) is 0 Å². The van der Waals surface area contributed by atoms with Gasteiger partial charge in [-0.25, -0.2) is 0 Å². The van der Waals surface area contributed by atoms with E-state index in [0.717, 1.165) is 19.3 Å². The van der Waals surface area contributed by atoms with Crippen molar-refractivity contribution in [3.63, 3.8) is 0 Å². The molecule has 1 fully saturated rings. The number of Topliss-reactive ketones (excluding diaryl/α,β-unsaturated/α-hetero) is 1. The smallest absolute Gasteiger partial charge is 0.138 e. The Morgan fingerprint density at radius 1 is 1.40 bits per heavy atom. The summed E-state index contributed by atoms with van der Waals surface area (Å²) in [6.07, 6.45) is 5.47. The SMILES string of the molecule is CCC(=O)C1(C)CCCC1. The van der Waals surface area contributed by atoms with Crippen LogP contribution in [0.3, 0.4) is 0 Å². The predicted molar refractivity (Wildman–Crippen MR) is 41.9 cm³/mol.